The van der Waals surface area contributed by atoms with Crippen molar-refractivity contribution in [2.24, 2.45) is 0 Å². The predicted octanol–water partition coefficient (Wildman–Crippen LogP) is -0.377. The van der Waals surface area contributed by atoms with E-state index in [1.54, 1.807) is 0 Å². The molecule has 1 N–H and O–H groups in total. The largest absolute Gasteiger partial charge is 0.354 e. The monoisotopic (exact) mass is 135 g/mol. The molecule has 0 saturated heterocycles. The summed E-state index contributed by atoms with van der Waals surface area (Å²) in [6, 6.07) is 0. The average Bonchev–Trinajstić information content (AvgIpc) is 1.30. The summed E-state index contributed by atoms with van der Waals surface area (Å²) in [5.41, 5.74) is 0. The predicted molar refractivity (Wildman–Crippen MR) is 37.5 cm³/mol. The minimum absolute atomic E-state index is 0.932. The van der Waals surface area contributed by atoms with E-state index in [1.165, 1.54) is 0 Å². The Labute approximate surface area is 48.8 Å². The van der Waals surface area contributed by atoms with Crippen molar-refractivity contribution in [3.63, 3.8) is 0 Å². The van der Waals surface area contributed by atoms with Crippen molar-refractivity contribution in [3.05, 3.63) is 0 Å². The smallest absolute Gasteiger partial charge is 0.210 e. The fourth-order valence-corrected chi connectivity index (χ4v) is 2.76. The molecule has 0 aliphatic rings. The van der Waals surface area contributed by atoms with E-state index in [2.05, 4.69) is 24.8 Å². The maximum Gasteiger partial charge on any atom is 0.210 e. The van der Waals surface area contributed by atoms with Gasteiger partial charge in [0.2, 0.25) is 8.32 Å². The van der Waals surface area contributed by atoms with Crippen molar-refractivity contribution < 1.29 is 4.53 Å². The second kappa shape index (κ2) is 2.61. The van der Waals surface area contributed by atoms with Gasteiger partial charge in [-0.3, -0.25) is 0 Å². The van der Waals surface area contributed by atoms with Crippen LogP contribution in [0, 0.1) is 0 Å². The molecule has 0 radical (unpaired) electrons. The van der Waals surface area contributed by atoms with E-state index in [0.29, 0.717) is 0 Å². The SMILES string of the molecule is C[Si](C)(C)ON[SiH3]. The molecule has 0 atom stereocenters. The molecule has 0 aromatic heterocycles. The zero-order valence-corrected chi connectivity index (χ0v) is 8.41. The summed E-state index contributed by atoms with van der Waals surface area (Å²) in [4.78, 5) is 0. The lowest BCUT2D eigenvalue weighted by Crippen LogP contribution is -2.32. The van der Waals surface area contributed by atoms with Gasteiger partial charge in [-0.2, -0.15) is 0 Å². The van der Waals surface area contributed by atoms with E-state index < -0.39 is 8.32 Å². The van der Waals surface area contributed by atoms with Crippen LogP contribution in [0.3, 0.4) is 0 Å². The molecule has 7 heavy (non-hydrogen) atoms. The van der Waals surface area contributed by atoms with Gasteiger partial charge >= 0.3 is 0 Å². The van der Waals surface area contributed by atoms with Crippen LogP contribution in [0.15, 0.2) is 0 Å². The topological polar surface area (TPSA) is 21.3 Å². The summed E-state index contributed by atoms with van der Waals surface area (Å²) in [6.45, 7) is 6.45. The Morgan fingerprint density at radius 2 is 1.86 bits per heavy atom. The van der Waals surface area contributed by atoms with Gasteiger partial charge in [0.15, 0.2) is 0 Å². The zero-order chi connectivity index (χ0) is 5.91. The van der Waals surface area contributed by atoms with Gasteiger partial charge in [-0.15, -0.1) is 0 Å². The highest BCUT2D eigenvalue weighted by molar-refractivity contribution is 6.69. The first kappa shape index (κ1) is 7.35. The van der Waals surface area contributed by atoms with E-state index >= 15 is 0 Å². The van der Waals surface area contributed by atoms with Crippen molar-refractivity contribution in [1.82, 2.24) is 5.15 Å². The summed E-state index contributed by atoms with van der Waals surface area (Å²) in [5.74, 6) is 0. The number of hydrogen-bond donors (Lipinski definition) is 1. The molecule has 0 aliphatic heterocycles. The lowest BCUT2D eigenvalue weighted by atomic mass is 11.8. The molecular weight excluding hydrogens is 122 g/mol. The highest BCUT2D eigenvalue weighted by Gasteiger charge is 2.12. The molecule has 0 bridgehead atoms. The van der Waals surface area contributed by atoms with Crippen LogP contribution in [0.25, 0.3) is 0 Å². The molecule has 0 amide bonds. The second-order valence-corrected chi connectivity index (χ2v) is 7.26. The molecule has 0 aromatic rings. The fraction of sp³-hybridized carbons (Fsp3) is 1.00. The minimum Gasteiger partial charge on any atom is -0.354 e. The normalized spacial score (nSPS) is 12.4. The van der Waals surface area contributed by atoms with Gasteiger partial charge in [-0.1, -0.05) is 0 Å². The molecule has 2 nitrogen and oxygen atoms in total. The van der Waals surface area contributed by atoms with Gasteiger partial charge in [-0.05, 0) is 19.6 Å². The first-order valence-corrected chi connectivity index (χ1v) is 6.82. The highest BCUT2D eigenvalue weighted by Crippen LogP contribution is 1.97. The molecule has 0 spiro atoms. The Balaban J connectivity index is 3.15. The molecule has 44 valence electrons. The lowest BCUT2D eigenvalue weighted by Gasteiger charge is -2.14. The highest BCUT2D eigenvalue weighted by atomic mass is 28.4. The van der Waals surface area contributed by atoms with E-state index in [4.69, 9.17) is 4.53 Å². The van der Waals surface area contributed by atoms with Crippen molar-refractivity contribution >= 4 is 18.7 Å². The number of nitrogens with one attached hydrogen (secondary N) is 1. The Hall–Kier alpha value is 0.354. The van der Waals surface area contributed by atoms with Crippen LogP contribution in [0.4, 0.5) is 0 Å². The average molecular weight is 135 g/mol. The summed E-state index contributed by atoms with van der Waals surface area (Å²) in [5, 5.41) is 2.81. The van der Waals surface area contributed by atoms with Gasteiger partial charge in [-0.25, -0.2) is 5.15 Å². The van der Waals surface area contributed by atoms with E-state index in [0.717, 1.165) is 10.4 Å². The van der Waals surface area contributed by atoms with E-state index in [1.807, 2.05) is 0 Å². The summed E-state index contributed by atoms with van der Waals surface area (Å²) in [6.07, 6.45) is 0. The Bertz CT molecular complexity index is 51.4. The van der Waals surface area contributed by atoms with Crippen LogP contribution in [-0.2, 0) is 4.53 Å². The zero-order valence-electron chi connectivity index (χ0n) is 5.41. The van der Waals surface area contributed by atoms with Crippen molar-refractivity contribution in [2.45, 2.75) is 19.6 Å². The Morgan fingerprint density at radius 1 is 1.43 bits per heavy atom. The molecule has 0 aromatic carbocycles. The third-order valence-electron chi connectivity index (χ3n) is 0.408. The molecule has 0 heterocycles. The molecule has 0 aliphatic carbocycles. The first-order chi connectivity index (χ1) is 3.06. The van der Waals surface area contributed by atoms with Crippen molar-refractivity contribution in [1.29, 1.82) is 0 Å². The molecular formula is C3H13NOSi2. The van der Waals surface area contributed by atoms with Crippen molar-refractivity contribution in [3.8, 4) is 0 Å². The second-order valence-electron chi connectivity index (χ2n) is 2.42. The van der Waals surface area contributed by atoms with Crippen LogP contribution in [0.5, 0.6) is 0 Å². The van der Waals surface area contributed by atoms with E-state index in [-0.39, 0.29) is 0 Å². The van der Waals surface area contributed by atoms with Gasteiger partial charge < -0.3 is 4.53 Å². The summed E-state index contributed by atoms with van der Waals surface area (Å²) in [7, 11) is -0.301. The van der Waals surface area contributed by atoms with Gasteiger partial charge in [0, 0.05) is 0 Å². The molecule has 4 heteroatoms. The molecule has 0 unspecified atom stereocenters. The van der Waals surface area contributed by atoms with Gasteiger partial charge in [0.1, 0.15) is 10.4 Å². The molecule has 0 saturated carbocycles. The number of rotatable bonds is 2. The fourth-order valence-electron chi connectivity index (χ4n) is 0.306. The lowest BCUT2D eigenvalue weighted by molar-refractivity contribution is 0.269. The molecule has 0 fully saturated rings. The standard InChI is InChI=1S/C3H13NOSi2/c1-7(2,3)5-4-6/h4H,1-3,6H3. The van der Waals surface area contributed by atoms with Crippen LogP contribution < -0.4 is 5.15 Å². The van der Waals surface area contributed by atoms with Crippen LogP contribution in [0.1, 0.15) is 0 Å². The maximum absolute atomic E-state index is 5.18. The number of hydrogen-bond acceptors (Lipinski definition) is 2. The van der Waals surface area contributed by atoms with Crippen LogP contribution in [-0.4, -0.2) is 18.7 Å². The maximum atomic E-state index is 5.18. The van der Waals surface area contributed by atoms with Gasteiger partial charge in [0.25, 0.3) is 0 Å². The van der Waals surface area contributed by atoms with Crippen LogP contribution in [0.2, 0.25) is 19.6 Å². The first-order valence-electron chi connectivity index (χ1n) is 2.41. The molecule has 0 rings (SSSR count). The third kappa shape index (κ3) is 6.35. The Morgan fingerprint density at radius 3 is 1.86 bits per heavy atom. The van der Waals surface area contributed by atoms with Crippen molar-refractivity contribution in [2.75, 3.05) is 0 Å². The van der Waals surface area contributed by atoms with Crippen LogP contribution >= 0.6 is 0 Å². The summed E-state index contributed by atoms with van der Waals surface area (Å²) < 4.78 is 5.18. The van der Waals surface area contributed by atoms with Gasteiger partial charge in [0.05, 0.1) is 0 Å². The Kier molecular flexibility index (Phi) is 2.74. The minimum atomic E-state index is -1.23. The quantitative estimate of drug-likeness (QED) is 0.412. The van der Waals surface area contributed by atoms with E-state index in [9.17, 15) is 0 Å². The third-order valence-corrected chi connectivity index (χ3v) is 1.84. The summed E-state index contributed by atoms with van der Waals surface area (Å²) >= 11 is 0.